The highest BCUT2D eigenvalue weighted by Crippen LogP contribution is 2.48. The number of nitrogens with one attached hydrogen (secondary N) is 1. The van der Waals surface area contributed by atoms with Gasteiger partial charge in [-0.25, -0.2) is 9.78 Å². The van der Waals surface area contributed by atoms with Crippen LogP contribution in [0.2, 0.25) is 0 Å². The fraction of sp³-hybridized carbons (Fsp3) is 0.407. The molecule has 4 rings (SSSR count). The first-order valence-corrected chi connectivity index (χ1v) is 14.6. The number of aryl methyl sites for hydroxylation is 2. The van der Waals surface area contributed by atoms with Crippen molar-refractivity contribution in [3.8, 4) is 5.75 Å². The van der Waals surface area contributed by atoms with E-state index in [1.165, 1.54) is 23.0 Å². The molecule has 3 atom stereocenters. The van der Waals surface area contributed by atoms with Gasteiger partial charge in [0.2, 0.25) is 5.16 Å². The third kappa shape index (κ3) is 7.20. The first-order chi connectivity index (χ1) is 19.4. The molecule has 2 unspecified atom stereocenters. The molecule has 220 valence electrons. The first-order valence-electron chi connectivity index (χ1n) is 13.1. The standard InChI is InChI=1S/C27H33N5O8S/c1-32-12-11-30-27(32)41(38,39)31-17-4-2-3-16(13-17)23(15-5-6-15)24-21(33)14-18(40-26(24)37)7-8-19(28)25(36)20(29)9-10-22(34)35/h2-4,11-15,19-20,23,31,33H,5-10,28-29H2,1H3,(H,34,35)/t19?,20-,23?/m0/s1. The number of Topliss-reactive ketones (excluding diaryl/α,β-unsaturated/α-hetero) is 1. The summed E-state index contributed by atoms with van der Waals surface area (Å²) in [6, 6.07) is 5.92. The number of sulfonamides is 1. The van der Waals surface area contributed by atoms with E-state index in [4.69, 9.17) is 21.0 Å². The third-order valence-electron chi connectivity index (χ3n) is 7.04. The van der Waals surface area contributed by atoms with Crippen LogP contribution < -0.4 is 21.8 Å². The van der Waals surface area contributed by atoms with Crippen LogP contribution in [-0.2, 0) is 33.1 Å². The number of hydrogen-bond donors (Lipinski definition) is 5. The summed E-state index contributed by atoms with van der Waals surface area (Å²) in [5, 5.41) is 19.5. The number of hydrogen-bond acceptors (Lipinski definition) is 10. The largest absolute Gasteiger partial charge is 0.507 e. The fourth-order valence-corrected chi connectivity index (χ4v) is 5.96. The monoisotopic (exact) mass is 587 g/mol. The van der Waals surface area contributed by atoms with Crippen molar-refractivity contribution < 1.29 is 32.6 Å². The summed E-state index contributed by atoms with van der Waals surface area (Å²) in [5.74, 6) is -2.19. The highest BCUT2D eigenvalue weighted by atomic mass is 32.2. The van der Waals surface area contributed by atoms with E-state index in [9.17, 15) is 27.9 Å². The number of nitrogens with two attached hydrogens (primary N) is 2. The number of carbonyl (C=O) groups is 2. The number of carbonyl (C=O) groups excluding carboxylic acids is 1. The number of benzene rings is 1. The number of imidazole rings is 1. The molecular formula is C27H33N5O8S. The maximum atomic E-state index is 13.1. The Hall–Kier alpha value is -4.01. The number of ketones is 1. The Kier molecular flexibility index (Phi) is 8.95. The molecule has 0 bridgehead atoms. The molecule has 1 fully saturated rings. The number of anilines is 1. The highest BCUT2D eigenvalue weighted by Gasteiger charge is 2.37. The van der Waals surface area contributed by atoms with Crippen LogP contribution in [0.5, 0.6) is 5.75 Å². The van der Waals surface area contributed by atoms with Crippen molar-refractivity contribution in [3.63, 3.8) is 0 Å². The van der Waals surface area contributed by atoms with Gasteiger partial charge >= 0.3 is 11.6 Å². The van der Waals surface area contributed by atoms with Crippen molar-refractivity contribution in [1.29, 1.82) is 0 Å². The SMILES string of the molecule is Cn1ccnc1S(=O)(=O)Nc1cccc(C(c2c(O)cc(CCC(N)C(=O)[C@@H](N)CCC(=O)O)oc2=O)C2CC2)c1. The predicted octanol–water partition coefficient (Wildman–Crippen LogP) is 1.44. The van der Waals surface area contributed by atoms with Gasteiger partial charge in [0, 0.05) is 50.0 Å². The summed E-state index contributed by atoms with van der Waals surface area (Å²) in [5.41, 5.74) is 11.9. The van der Waals surface area contributed by atoms with Gasteiger partial charge < -0.3 is 30.7 Å². The molecule has 0 radical (unpaired) electrons. The van der Waals surface area contributed by atoms with Gasteiger partial charge in [-0.05, 0) is 49.3 Å². The topological polar surface area (TPSA) is 221 Å². The first kappa shape index (κ1) is 30.0. The van der Waals surface area contributed by atoms with Crippen molar-refractivity contribution in [2.45, 2.75) is 61.7 Å². The lowest BCUT2D eigenvalue weighted by Crippen LogP contribution is -2.43. The highest BCUT2D eigenvalue weighted by molar-refractivity contribution is 7.92. The number of rotatable bonds is 14. The fourth-order valence-electron chi connectivity index (χ4n) is 4.80. The Morgan fingerprint density at radius 1 is 1.20 bits per heavy atom. The van der Waals surface area contributed by atoms with E-state index in [2.05, 4.69) is 9.71 Å². The van der Waals surface area contributed by atoms with Crippen molar-refractivity contribution in [2.75, 3.05) is 4.72 Å². The molecule has 0 amide bonds. The van der Waals surface area contributed by atoms with Gasteiger partial charge in [0.25, 0.3) is 10.0 Å². The summed E-state index contributed by atoms with van der Waals surface area (Å²) in [7, 11) is -2.40. The zero-order chi connectivity index (χ0) is 29.9. The molecule has 41 heavy (non-hydrogen) atoms. The molecule has 7 N–H and O–H groups in total. The second kappa shape index (κ2) is 12.2. The van der Waals surface area contributed by atoms with Crippen LogP contribution >= 0.6 is 0 Å². The quantitative estimate of drug-likeness (QED) is 0.181. The van der Waals surface area contributed by atoms with Crippen LogP contribution in [0, 0.1) is 5.92 Å². The maximum Gasteiger partial charge on any atom is 0.343 e. The van der Waals surface area contributed by atoms with Gasteiger partial charge in [0.05, 0.1) is 17.6 Å². The Morgan fingerprint density at radius 2 is 1.90 bits per heavy atom. The van der Waals surface area contributed by atoms with Crippen LogP contribution in [0.4, 0.5) is 5.69 Å². The molecule has 3 aromatic rings. The number of carboxylic acids is 1. The summed E-state index contributed by atoms with van der Waals surface area (Å²) in [6.07, 6.45) is 4.37. The van der Waals surface area contributed by atoms with Gasteiger partial charge in [0.1, 0.15) is 11.5 Å². The average molecular weight is 588 g/mol. The molecule has 1 aromatic carbocycles. The van der Waals surface area contributed by atoms with Gasteiger partial charge in [0.15, 0.2) is 5.78 Å². The second-order valence-electron chi connectivity index (χ2n) is 10.3. The van der Waals surface area contributed by atoms with Gasteiger partial charge in [-0.1, -0.05) is 12.1 Å². The minimum absolute atomic E-state index is 0.0410. The molecule has 1 aliphatic rings. The van der Waals surface area contributed by atoms with E-state index in [1.807, 2.05) is 0 Å². The van der Waals surface area contributed by atoms with E-state index in [-0.39, 0.29) is 59.5 Å². The van der Waals surface area contributed by atoms with Gasteiger partial charge in [-0.2, -0.15) is 8.42 Å². The molecule has 1 saturated carbocycles. The van der Waals surface area contributed by atoms with Crippen molar-refractivity contribution in [1.82, 2.24) is 9.55 Å². The molecular weight excluding hydrogens is 554 g/mol. The van der Waals surface area contributed by atoms with Crippen LogP contribution in [-0.4, -0.2) is 52.0 Å². The maximum absolute atomic E-state index is 13.1. The normalized spacial score (nSPS) is 15.7. The van der Waals surface area contributed by atoms with Crippen molar-refractivity contribution >= 4 is 27.5 Å². The van der Waals surface area contributed by atoms with Crippen LogP contribution in [0.1, 0.15) is 54.9 Å². The third-order valence-corrected chi connectivity index (χ3v) is 8.42. The molecule has 0 spiro atoms. The van der Waals surface area contributed by atoms with Crippen LogP contribution in [0.25, 0.3) is 0 Å². The summed E-state index contributed by atoms with van der Waals surface area (Å²) < 4.78 is 35.0. The smallest absolute Gasteiger partial charge is 0.343 e. The Morgan fingerprint density at radius 3 is 2.51 bits per heavy atom. The van der Waals surface area contributed by atoms with Crippen LogP contribution in [0.3, 0.4) is 0 Å². The number of carboxylic acid groups (broad SMARTS) is 1. The minimum Gasteiger partial charge on any atom is -0.507 e. The Labute approximate surface area is 236 Å². The summed E-state index contributed by atoms with van der Waals surface area (Å²) in [4.78, 5) is 40.1. The minimum atomic E-state index is -3.96. The van der Waals surface area contributed by atoms with Crippen molar-refractivity contribution in [2.24, 2.45) is 24.4 Å². The van der Waals surface area contributed by atoms with Crippen molar-refractivity contribution in [3.05, 3.63) is 70.0 Å². The number of nitrogens with zero attached hydrogens (tertiary/aromatic N) is 2. The summed E-state index contributed by atoms with van der Waals surface area (Å²) >= 11 is 0. The predicted molar refractivity (Wildman–Crippen MR) is 148 cm³/mol. The number of aromatic hydroxyl groups is 1. The summed E-state index contributed by atoms with van der Waals surface area (Å²) in [6.45, 7) is 0. The molecule has 2 aromatic heterocycles. The number of aromatic nitrogens is 2. The van der Waals surface area contributed by atoms with Crippen LogP contribution in [0.15, 0.2) is 57.1 Å². The molecule has 0 saturated heterocycles. The molecule has 1 aliphatic carbocycles. The Balaban J connectivity index is 1.52. The van der Waals surface area contributed by atoms with Gasteiger partial charge in [-0.3, -0.25) is 14.3 Å². The average Bonchev–Trinajstić information content (AvgIpc) is 3.65. The van der Waals surface area contributed by atoms with E-state index in [0.29, 0.717) is 5.56 Å². The molecule has 2 heterocycles. The van der Waals surface area contributed by atoms with E-state index in [1.54, 1.807) is 31.3 Å². The zero-order valence-electron chi connectivity index (χ0n) is 22.4. The molecule has 0 aliphatic heterocycles. The lowest BCUT2D eigenvalue weighted by atomic mass is 9.87. The number of aliphatic carboxylic acids is 1. The second-order valence-corrected chi connectivity index (χ2v) is 11.8. The molecule has 14 heteroatoms. The van der Waals surface area contributed by atoms with Gasteiger partial charge in [-0.15, -0.1) is 0 Å². The lowest BCUT2D eigenvalue weighted by molar-refractivity contribution is -0.137. The van der Waals surface area contributed by atoms with E-state index >= 15 is 0 Å². The lowest BCUT2D eigenvalue weighted by Gasteiger charge is -2.19. The molecule has 13 nitrogen and oxygen atoms in total. The van der Waals surface area contributed by atoms with E-state index in [0.717, 1.165) is 12.8 Å². The van der Waals surface area contributed by atoms with E-state index < -0.39 is 45.4 Å². The Bertz CT molecular complexity index is 1590. The zero-order valence-corrected chi connectivity index (χ0v) is 23.2.